The summed E-state index contributed by atoms with van der Waals surface area (Å²) in [4.78, 5) is 13.0. The molecule has 0 aromatic heterocycles. The van der Waals surface area contributed by atoms with Crippen molar-refractivity contribution in [2.45, 2.75) is 24.8 Å². The first kappa shape index (κ1) is 16.4. The molecule has 2 aromatic carbocycles. The third-order valence-corrected chi connectivity index (χ3v) is 4.09. The molecule has 0 unspecified atom stereocenters. The van der Waals surface area contributed by atoms with Gasteiger partial charge in [0.15, 0.2) is 6.61 Å². The van der Waals surface area contributed by atoms with Gasteiger partial charge >= 0.3 is 0 Å². The number of amides is 1. The molecule has 0 spiro atoms. The molecule has 0 aliphatic rings. The maximum absolute atomic E-state index is 11.8. The summed E-state index contributed by atoms with van der Waals surface area (Å²) in [5.74, 6) is 0.602. The van der Waals surface area contributed by atoms with E-state index in [1.165, 1.54) is 10.5 Å². The Kier molecular flexibility index (Phi) is 6.34. The van der Waals surface area contributed by atoms with E-state index in [9.17, 15) is 4.79 Å². The number of carbonyl (C=O) groups excluding carboxylic acids is 1. The third kappa shape index (κ3) is 5.11. The first-order chi connectivity index (χ1) is 10.7. The molecular weight excluding hydrogens is 294 g/mol. The Hall–Kier alpha value is -1.94. The number of hydrogen-bond acceptors (Lipinski definition) is 3. The van der Waals surface area contributed by atoms with Crippen molar-refractivity contribution in [2.75, 3.05) is 12.9 Å². The largest absolute Gasteiger partial charge is 0.484 e. The molecule has 2 aromatic rings. The Morgan fingerprint density at radius 3 is 2.27 bits per heavy atom. The second kappa shape index (κ2) is 8.49. The Morgan fingerprint density at radius 2 is 1.68 bits per heavy atom. The predicted molar refractivity (Wildman–Crippen MR) is 91.4 cm³/mol. The van der Waals surface area contributed by atoms with E-state index in [-0.39, 0.29) is 12.5 Å². The van der Waals surface area contributed by atoms with Crippen LogP contribution in [0.4, 0.5) is 0 Å². The molecular formula is C18H21NO2S. The van der Waals surface area contributed by atoms with Gasteiger partial charge in [0.25, 0.3) is 5.91 Å². The van der Waals surface area contributed by atoms with E-state index in [0.29, 0.717) is 6.54 Å². The van der Waals surface area contributed by atoms with Crippen LogP contribution in [0.25, 0.3) is 0 Å². The Morgan fingerprint density at radius 1 is 1.05 bits per heavy atom. The molecule has 0 atom stereocenters. The quantitative estimate of drug-likeness (QED) is 0.792. The molecule has 4 heteroatoms. The summed E-state index contributed by atoms with van der Waals surface area (Å²) in [5, 5.41) is 2.86. The van der Waals surface area contributed by atoms with E-state index in [4.69, 9.17) is 4.74 Å². The Balaban J connectivity index is 1.74. The summed E-state index contributed by atoms with van der Waals surface area (Å²) in [6.45, 7) is 2.66. The zero-order chi connectivity index (χ0) is 15.8. The van der Waals surface area contributed by atoms with Crippen LogP contribution in [-0.2, 0) is 17.8 Å². The topological polar surface area (TPSA) is 38.3 Å². The van der Waals surface area contributed by atoms with Crippen LogP contribution in [0.1, 0.15) is 18.1 Å². The van der Waals surface area contributed by atoms with Crippen molar-refractivity contribution < 1.29 is 9.53 Å². The van der Waals surface area contributed by atoms with E-state index in [2.05, 4.69) is 24.4 Å². The number of aryl methyl sites for hydroxylation is 1. The predicted octanol–water partition coefficient (Wildman–Crippen LogP) is 3.67. The lowest BCUT2D eigenvalue weighted by Crippen LogP contribution is -2.28. The fourth-order valence-electron chi connectivity index (χ4n) is 1.97. The van der Waals surface area contributed by atoms with Crippen LogP contribution >= 0.6 is 11.8 Å². The first-order valence-electron chi connectivity index (χ1n) is 7.32. The van der Waals surface area contributed by atoms with Crippen LogP contribution in [0, 0.1) is 0 Å². The highest BCUT2D eigenvalue weighted by Gasteiger charge is 2.03. The molecule has 2 rings (SSSR count). The zero-order valence-corrected chi connectivity index (χ0v) is 13.8. The minimum Gasteiger partial charge on any atom is -0.484 e. The highest BCUT2D eigenvalue weighted by Crippen LogP contribution is 2.15. The molecule has 1 amide bonds. The fourth-order valence-corrected chi connectivity index (χ4v) is 2.37. The molecule has 1 N–H and O–H groups in total. The molecule has 0 saturated heterocycles. The number of carbonyl (C=O) groups is 1. The first-order valence-corrected chi connectivity index (χ1v) is 8.55. The summed E-state index contributed by atoms with van der Waals surface area (Å²) in [7, 11) is 0. The zero-order valence-electron chi connectivity index (χ0n) is 13.0. The van der Waals surface area contributed by atoms with E-state index >= 15 is 0 Å². The lowest BCUT2D eigenvalue weighted by molar-refractivity contribution is -0.123. The van der Waals surface area contributed by atoms with Crippen molar-refractivity contribution in [1.29, 1.82) is 0 Å². The van der Waals surface area contributed by atoms with Gasteiger partial charge in [0.05, 0.1) is 0 Å². The van der Waals surface area contributed by atoms with Gasteiger partial charge in [0.1, 0.15) is 5.75 Å². The number of hydrogen-bond donors (Lipinski definition) is 1. The molecule has 0 fully saturated rings. The highest BCUT2D eigenvalue weighted by atomic mass is 32.2. The smallest absolute Gasteiger partial charge is 0.258 e. The van der Waals surface area contributed by atoms with Crippen LogP contribution in [-0.4, -0.2) is 18.8 Å². The van der Waals surface area contributed by atoms with Gasteiger partial charge in [-0.05, 0) is 48.1 Å². The summed E-state index contributed by atoms with van der Waals surface area (Å²) >= 11 is 1.70. The third-order valence-electron chi connectivity index (χ3n) is 3.35. The monoisotopic (exact) mass is 315 g/mol. The van der Waals surface area contributed by atoms with Crippen LogP contribution in [0.5, 0.6) is 5.75 Å². The normalized spacial score (nSPS) is 10.3. The number of benzene rings is 2. The van der Waals surface area contributed by atoms with Crippen LogP contribution in [0.2, 0.25) is 0 Å². The molecule has 0 aliphatic carbocycles. The second-order valence-electron chi connectivity index (χ2n) is 4.91. The lowest BCUT2D eigenvalue weighted by Gasteiger charge is -2.08. The van der Waals surface area contributed by atoms with Crippen LogP contribution in [0.15, 0.2) is 53.4 Å². The molecule has 0 bridgehead atoms. The molecule has 22 heavy (non-hydrogen) atoms. The van der Waals surface area contributed by atoms with Crippen molar-refractivity contribution in [3.8, 4) is 5.75 Å². The van der Waals surface area contributed by atoms with Gasteiger partial charge in [-0.25, -0.2) is 0 Å². The number of thioether (sulfide) groups is 1. The van der Waals surface area contributed by atoms with Gasteiger partial charge in [-0.2, -0.15) is 0 Å². The Labute approximate surface area is 136 Å². The van der Waals surface area contributed by atoms with Gasteiger partial charge in [-0.15, -0.1) is 11.8 Å². The van der Waals surface area contributed by atoms with E-state index in [0.717, 1.165) is 17.7 Å². The van der Waals surface area contributed by atoms with E-state index in [1.807, 2.05) is 42.7 Å². The van der Waals surface area contributed by atoms with Gasteiger partial charge in [0.2, 0.25) is 0 Å². The molecule has 0 radical (unpaired) electrons. The van der Waals surface area contributed by atoms with Crippen molar-refractivity contribution >= 4 is 17.7 Å². The molecule has 0 heterocycles. The average Bonchev–Trinajstić information content (AvgIpc) is 2.59. The van der Waals surface area contributed by atoms with Gasteiger partial charge in [-0.1, -0.05) is 31.2 Å². The molecule has 3 nitrogen and oxygen atoms in total. The number of nitrogens with one attached hydrogen (secondary N) is 1. The second-order valence-corrected chi connectivity index (χ2v) is 5.79. The van der Waals surface area contributed by atoms with Crippen LogP contribution < -0.4 is 10.1 Å². The van der Waals surface area contributed by atoms with Crippen molar-refractivity contribution in [1.82, 2.24) is 5.32 Å². The van der Waals surface area contributed by atoms with Gasteiger partial charge in [-0.3, -0.25) is 4.79 Å². The minimum absolute atomic E-state index is 0.0361. The molecule has 116 valence electrons. The number of rotatable bonds is 7. The van der Waals surface area contributed by atoms with Gasteiger partial charge in [0, 0.05) is 11.4 Å². The standard InChI is InChI=1S/C18H21NO2S/c1-3-14-4-8-16(9-5-14)21-13-18(20)19-12-15-6-10-17(22-2)11-7-15/h4-11H,3,12-13H2,1-2H3,(H,19,20). The highest BCUT2D eigenvalue weighted by molar-refractivity contribution is 7.98. The van der Waals surface area contributed by atoms with Crippen molar-refractivity contribution in [2.24, 2.45) is 0 Å². The average molecular weight is 315 g/mol. The summed E-state index contributed by atoms with van der Waals surface area (Å²) < 4.78 is 5.48. The fraction of sp³-hybridized carbons (Fsp3) is 0.278. The summed E-state index contributed by atoms with van der Waals surface area (Å²) in [6.07, 6.45) is 3.04. The van der Waals surface area contributed by atoms with Crippen LogP contribution in [0.3, 0.4) is 0 Å². The van der Waals surface area contributed by atoms with Crippen molar-refractivity contribution in [3.05, 3.63) is 59.7 Å². The van der Waals surface area contributed by atoms with Crippen molar-refractivity contribution in [3.63, 3.8) is 0 Å². The van der Waals surface area contributed by atoms with Gasteiger partial charge < -0.3 is 10.1 Å². The summed E-state index contributed by atoms with van der Waals surface area (Å²) in [6, 6.07) is 16.0. The molecule has 0 aliphatic heterocycles. The maximum Gasteiger partial charge on any atom is 0.258 e. The SMILES string of the molecule is CCc1ccc(OCC(=O)NCc2ccc(SC)cc2)cc1. The van der Waals surface area contributed by atoms with E-state index < -0.39 is 0 Å². The number of ether oxygens (including phenoxy) is 1. The Bertz CT molecular complexity index is 540. The molecule has 0 saturated carbocycles. The van der Waals surface area contributed by atoms with E-state index in [1.54, 1.807) is 11.8 Å². The minimum atomic E-state index is -0.117. The summed E-state index contributed by atoms with van der Waals surface area (Å²) in [5.41, 5.74) is 2.34. The maximum atomic E-state index is 11.8. The lowest BCUT2D eigenvalue weighted by atomic mass is 10.2.